The van der Waals surface area contributed by atoms with Crippen LogP contribution < -0.4 is 0 Å². The molecule has 8 nitrogen and oxygen atoms in total. The number of aromatic nitrogens is 2. The van der Waals surface area contributed by atoms with Gasteiger partial charge in [0.05, 0.1) is 24.4 Å². The summed E-state index contributed by atoms with van der Waals surface area (Å²) in [5.41, 5.74) is 1.44. The molecule has 30 heavy (non-hydrogen) atoms. The molecule has 3 rings (SSSR count). The van der Waals surface area contributed by atoms with Gasteiger partial charge in [0, 0.05) is 20.8 Å². The Morgan fingerprint density at radius 3 is 2.43 bits per heavy atom. The summed E-state index contributed by atoms with van der Waals surface area (Å²) < 4.78 is 12.0. The van der Waals surface area contributed by atoms with Crippen molar-refractivity contribution < 1.29 is 19.1 Å². The number of esters is 2. The Labute approximate surface area is 188 Å². The molecule has 0 aliphatic carbocycles. The number of hydrogen-bond donors (Lipinski definition) is 0. The number of rotatable bonds is 8. The van der Waals surface area contributed by atoms with Crippen LogP contribution in [0.4, 0.5) is 5.69 Å². The quantitative estimate of drug-likeness (QED) is 0.228. The topological polar surface area (TPSA) is 103 Å². The van der Waals surface area contributed by atoms with Gasteiger partial charge < -0.3 is 9.47 Å². The fourth-order valence-corrected chi connectivity index (χ4v) is 2.97. The SMILES string of the molecule is O=C(CN=Nc1ccc(Br)cc1)OCCCOC(=O)c1cc2cc(Br)ccc2nn1. The van der Waals surface area contributed by atoms with E-state index in [9.17, 15) is 9.59 Å². The molecule has 0 unspecified atom stereocenters. The molecule has 0 saturated heterocycles. The largest absolute Gasteiger partial charge is 0.464 e. The minimum Gasteiger partial charge on any atom is -0.464 e. The average Bonchev–Trinajstić information content (AvgIpc) is 2.74. The van der Waals surface area contributed by atoms with Gasteiger partial charge in [-0.3, -0.25) is 0 Å². The van der Waals surface area contributed by atoms with Crippen LogP contribution in [-0.2, 0) is 14.3 Å². The van der Waals surface area contributed by atoms with E-state index in [2.05, 4.69) is 52.3 Å². The molecule has 0 spiro atoms. The Bertz CT molecular complexity index is 1070. The molecule has 154 valence electrons. The number of azo groups is 1. The fraction of sp³-hybridized carbons (Fsp3) is 0.200. The number of fused-ring (bicyclic) bond motifs is 1. The number of carbonyl (C=O) groups is 2. The monoisotopic (exact) mass is 534 g/mol. The molecule has 0 atom stereocenters. The van der Waals surface area contributed by atoms with Crippen molar-refractivity contribution in [3.8, 4) is 0 Å². The summed E-state index contributed by atoms with van der Waals surface area (Å²) in [5, 5.41) is 16.4. The maximum Gasteiger partial charge on any atom is 0.358 e. The number of ether oxygens (including phenoxy) is 2. The minimum atomic E-state index is -0.584. The van der Waals surface area contributed by atoms with E-state index in [1.54, 1.807) is 24.3 Å². The molecule has 1 heterocycles. The highest BCUT2D eigenvalue weighted by molar-refractivity contribution is 9.10. The van der Waals surface area contributed by atoms with Crippen molar-refractivity contribution in [2.45, 2.75) is 6.42 Å². The van der Waals surface area contributed by atoms with Crippen molar-refractivity contribution in [1.82, 2.24) is 10.2 Å². The molecular weight excluding hydrogens is 520 g/mol. The lowest BCUT2D eigenvalue weighted by Gasteiger charge is -2.05. The first-order chi connectivity index (χ1) is 14.5. The molecule has 0 aliphatic heterocycles. The second kappa shape index (κ2) is 10.9. The molecule has 0 amide bonds. The Hall–Kier alpha value is -2.72. The Kier molecular flexibility index (Phi) is 7.97. The molecule has 0 N–H and O–H groups in total. The fourth-order valence-electron chi connectivity index (χ4n) is 2.33. The molecule has 1 aromatic heterocycles. The summed E-state index contributed by atoms with van der Waals surface area (Å²) in [7, 11) is 0. The third kappa shape index (κ3) is 6.67. The maximum absolute atomic E-state index is 12.1. The van der Waals surface area contributed by atoms with E-state index in [-0.39, 0.29) is 25.5 Å². The Morgan fingerprint density at radius 1 is 0.900 bits per heavy atom. The van der Waals surface area contributed by atoms with Gasteiger partial charge in [-0.2, -0.15) is 10.2 Å². The molecule has 2 aromatic carbocycles. The van der Waals surface area contributed by atoms with Crippen LogP contribution in [0.25, 0.3) is 10.9 Å². The van der Waals surface area contributed by atoms with Crippen molar-refractivity contribution in [3.63, 3.8) is 0 Å². The number of benzene rings is 2. The molecule has 10 heteroatoms. The van der Waals surface area contributed by atoms with E-state index >= 15 is 0 Å². The smallest absolute Gasteiger partial charge is 0.358 e. The Balaban J connectivity index is 1.36. The van der Waals surface area contributed by atoms with E-state index in [1.807, 2.05) is 24.3 Å². The summed E-state index contributed by atoms with van der Waals surface area (Å²) in [5.74, 6) is -1.09. The predicted molar refractivity (Wildman–Crippen MR) is 117 cm³/mol. The van der Waals surface area contributed by atoms with E-state index in [0.717, 1.165) is 14.3 Å². The number of nitrogens with zero attached hydrogens (tertiary/aromatic N) is 4. The highest BCUT2D eigenvalue weighted by atomic mass is 79.9. The second-order valence-corrected chi connectivity index (χ2v) is 7.85. The van der Waals surface area contributed by atoms with Gasteiger partial charge in [-0.1, -0.05) is 31.9 Å². The van der Waals surface area contributed by atoms with Crippen LogP contribution >= 0.6 is 31.9 Å². The third-order valence-corrected chi connectivity index (χ3v) is 4.78. The van der Waals surface area contributed by atoms with Crippen molar-refractivity contribution >= 4 is 60.4 Å². The van der Waals surface area contributed by atoms with Gasteiger partial charge in [0.1, 0.15) is 0 Å². The lowest BCUT2D eigenvalue weighted by molar-refractivity contribution is -0.142. The summed E-state index contributed by atoms with van der Waals surface area (Å²) >= 11 is 6.70. The molecule has 0 fully saturated rings. The summed E-state index contributed by atoms with van der Waals surface area (Å²) in [6, 6.07) is 14.3. The molecule has 0 saturated carbocycles. The van der Waals surface area contributed by atoms with E-state index < -0.39 is 11.9 Å². The van der Waals surface area contributed by atoms with Gasteiger partial charge in [-0.15, -0.1) is 10.2 Å². The van der Waals surface area contributed by atoms with Crippen molar-refractivity contribution in [1.29, 1.82) is 0 Å². The molecule has 0 bridgehead atoms. The number of hydrogen-bond acceptors (Lipinski definition) is 8. The summed E-state index contributed by atoms with van der Waals surface area (Å²) in [6.45, 7) is 0.0130. The van der Waals surface area contributed by atoms with Crippen LogP contribution in [0.15, 0.2) is 67.7 Å². The zero-order chi connectivity index (χ0) is 21.3. The highest BCUT2D eigenvalue weighted by Crippen LogP contribution is 2.18. The van der Waals surface area contributed by atoms with Gasteiger partial charge in [-0.25, -0.2) is 9.59 Å². The van der Waals surface area contributed by atoms with Gasteiger partial charge in [0.15, 0.2) is 12.2 Å². The Morgan fingerprint density at radius 2 is 1.63 bits per heavy atom. The van der Waals surface area contributed by atoms with E-state index in [0.29, 0.717) is 17.6 Å². The summed E-state index contributed by atoms with van der Waals surface area (Å²) in [4.78, 5) is 23.7. The van der Waals surface area contributed by atoms with Crippen LogP contribution in [0.3, 0.4) is 0 Å². The van der Waals surface area contributed by atoms with Gasteiger partial charge in [0.25, 0.3) is 0 Å². The first-order valence-corrected chi connectivity index (χ1v) is 10.5. The molecular formula is C20H16Br2N4O4. The van der Waals surface area contributed by atoms with Gasteiger partial charge >= 0.3 is 11.9 Å². The van der Waals surface area contributed by atoms with Crippen LogP contribution in [0.2, 0.25) is 0 Å². The van der Waals surface area contributed by atoms with Crippen molar-refractivity contribution in [3.05, 3.63) is 63.2 Å². The van der Waals surface area contributed by atoms with Crippen LogP contribution in [0.5, 0.6) is 0 Å². The van der Waals surface area contributed by atoms with Crippen LogP contribution in [0.1, 0.15) is 16.9 Å². The highest BCUT2D eigenvalue weighted by Gasteiger charge is 2.11. The van der Waals surface area contributed by atoms with Crippen molar-refractivity contribution in [2.24, 2.45) is 10.2 Å². The normalized spacial score (nSPS) is 11.0. The van der Waals surface area contributed by atoms with E-state index in [4.69, 9.17) is 9.47 Å². The minimum absolute atomic E-state index is 0.0880. The first kappa shape index (κ1) is 22.0. The first-order valence-electron chi connectivity index (χ1n) is 8.90. The third-order valence-electron chi connectivity index (χ3n) is 3.75. The van der Waals surface area contributed by atoms with Crippen LogP contribution in [-0.4, -0.2) is 41.9 Å². The zero-order valence-electron chi connectivity index (χ0n) is 15.6. The molecule has 0 radical (unpaired) electrons. The second-order valence-electron chi connectivity index (χ2n) is 6.02. The number of halogens is 2. The van der Waals surface area contributed by atoms with Crippen molar-refractivity contribution in [2.75, 3.05) is 19.8 Å². The lowest BCUT2D eigenvalue weighted by Crippen LogP contribution is -2.13. The lowest BCUT2D eigenvalue weighted by atomic mass is 10.2. The standard InChI is InChI=1S/C20H16Br2N4O4/c21-14-2-5-16(6-3-14)24-23-12-19(27)29-8-1-9-30-20(28)18-11-13-10-15(22)4-7-17(13)25-26-18/h2-7,10-11H,1,8-9,12H2. The number of carbonyl (C=O) groups excluding carboxylic acids is 2. The maximum atomic E-state index is 12.1. The van der Waals surface area contributed by atoms with Gasteiger partial charge in [0.2, 0.25) is 0 Å². The predicted octanol–water partition coefficient (Wildman–Crippen LogP) is 5.03. The van der Waals surface area contributed by atoms with E-state index in [1.165, 1.54) is 0 Å². The zero-order valence-corrected chi connectivity index (χ0v) is 18.8. The van der Waals surface area contributed by atoms with Gasteiger partial charge in [-0.05, 0) is 48.5 Å². The summed E-state index contributed by atoms with van der Waals surface area (Å²) in [6.07, 6.45) is 0.355. The van der Waals surface area contributed by atoms with Crippen LogP contribution in [0, 0.1) is 0 Å². The molecule has 3 aromatic rings. The molecule has 0 aliphatic rings. The average molecular weight is 536 g/mol.